The van der Waals surface area contributed by atoms with E-state index in [1.807, 2.05) is 6.07 Å². The molecule has 32 heavy (non-hydrogen) atoms. The third-order valence-electron chi connectivity index (χ3n) is 5.63. The summed E-state index contributed by atoms with van der Waals surface area (Å²) >= 11 is 0. The van der Waals surface area contributed by atoms with Crippen molar-refractivity contribution in [3.05, 3.63) is 70.7 Å². The van der Waals surface area contributed by atoms with Crippen molar-refractivity contribution < 1.29 is 27.1 Å². The normalized spacial score (nSPS) is 20.7. The molecule has 2 aliphatic heterocycles. The molecule has 2 atom stereocenters. The average Bonchev–Trinajstić information content (AvgIpc) is 3.37. The van der Waals surface area contributed by atoms with Crippen LogP contribution in [0.1, 0.15) is 22.6 Å². The zero-order valence-electron chi connectivity index (χ0n) is 16.1. The van der Waals surface area contributed by atoms with Gasteiger partial charge in [-0.3, -0.25) is 14.9 Å². The molecule has 2 aliphatic rings. The number of ether oxygens (including phenoxy) is 1. The Morgan fingerprint density at radius 3 is 2.59 bits per heavy atom. The van der Waals surface area contributed by atoms with Gasteiger partial charge in [0.1, 0.15) is 18.3 Å². The molecule has 5 rings (SSSR count). The Kier molecular flexibility index (Phi) is 4.37. The quantitative estimate of drug-likeness (QED) is 0.473. The Balaban J connectivity index is 1.71. The number of alkyl halides is 3. The number of aliphatic imine (C=N–C) groups is 1. The lowest BCUT2D eigenvalue weighted by atomic mass is 9.75. The van der Waals surface area contributed by atoms with E-state index in [4.69, 9.17) is 4.74 Å². The summed E-state index contributed by atoms with van der Waals surface area (Å²) in [6, 6.07) is 8.88. The van der Waals surface area contributed by atoms with Gasteiger partial charge in [-0.05, 0) is 29.8 Å². The minimum Gasteiger partial charge on any atom is -0.459 e. The summed E-state index contributed by atoms with van der Waals surface area (Å²) in [6.45, 7) is -0.140. The van der Waals surface area contributed by atoms with Gasteiger partial charge >= 0.3 is 12.1 Å². The highest BCUT2D eigenvalue weighted by molar-refractivity contribution is 6.12. The Morgan fingerprint density at radius 2 is 1.91 bits per heavy atom. The van der Waals surface area contributed by atoms with Gasteiger partial charge in [-0.15, -0.1) is 0 Å². The molecule has 3 aromatic rings. The lowest BCUT2D eigenvalue weighted by Gasteiger charge is -2.27. The van der Waals surface area contributed by atoms with Crippen LogP contribution in [0, 0.1) is 23.1 Å². The number of H-pyrrole nitrogens is 1. The number of nitrogens with one attached hydrogen (secondary N) is 1. The van der Waals surface area contributed by atoms with Gasteiger partial charge in [0.25, 0.3) is 0 Å². The molecule has 10 heteroatoms. The summed E-state index contributed by atoms with van der Waals surface area (Å²) in [6.07, 6.45) is -3.04. The maximum atomic E-state index is 15.1. The van der Waals surface area contributed by atoms with Crippen LogP contribution in [0.2, 0.25) is 0 Å². The number of hydrogen-bond donors (Lipinski definition) is 1. The number of cyclic esters (lactones) is 1. The van der Waals surface area contributed by atoms with Crippen LogP contribution in [-0.2, 0) is 15.7 Å². The van der Waals surface area contributed by atoms with Crippen LogP contribution in [0.3, 0.4) is 0 Å². The van der Waals surface area contributed by atoms with E-state index in [-0.39, 0.29) is 29.0 Å². The second-order valence-corrected chi connectivity index (χ2v) is 7.45. The molecule has 2 unspecified atom stereocenters. The number of halogens is 4. The predicted molar refractivity (Wildman–Crippen MR) is 105 cm³/mol. The molecule has 0 amide bonds. The fourth-order valence-corrected chi connectivity index (χ4v) is 4.12. The number of carbonyl (C=O) groups excluding carboxylic acids is 1. The zero-order chi connectivity index (χ0) is 22.6. The van der Waals surface area contributed by atoms with Gasteiger partial charge in [-0.1, -0.05) is 12.1 Å². The van der Waals surface area contributed by atoms with Crippen molar-refractivity contribution in [2.45, 2.75) is 12.1 Å². The molecule has 0 aliphatic carbocycles. The molecule has 1 N–H and O–H groups in total. The fourth-order valence-electron chi connectivity index (χ4n) is 4.12. The Hall–Kier alpha value is -4.00. The number of rotatable bonds is 2. The molecular weight excluding hydrogens is 428 g/mol. The predicted octanol–water partition coefficient (Wildman–Crippen LogP) is 4.37. The number of aromatic nitrogens is 2. The van der Waals surface area contributed by atoms with Crippen LogP contribution in [0.5, 0.6) is 0 Å². The van der Waals surface area contributed by atoms with Crippen LogP contribution in [-0.4, -0.2) is 28.5 Å². The third kappa shape index (κ3) is 3.05. The van der Waals surface area contributed by atoms with E-state index in [1.165, 1.54) is 30.5 Å². The molecule has 0 bridgehead atoms. The van der Waals surface area contributed by atoms with E-state index >= 15 is 4.39 Å². The van der Waals surface area contributed by atoms with Gasteiger partial charge in [0, 0.05) is 16.9 Å². The van der Waals surface area contributed by atoms with Gasteiger partial charge in [0.15, 0.2) is 0 Å². The van der Waals surface area contributed by atoms with Crippen molar-refractivity contribution in [2.24, 2.45) is 10.9 Å². The fraction of sp³-hybridized carbons (Fsp3) is 0.182. The van der Waals surface area contributed by atoms with Crippen LogP contribution >= 0.6 is 0 Å². The summed E-state index contributed by atoms with van der Waals surface area (Å²) in [4.78, 5) is 16.8. The number of fused-ring (bicyclic) bond motifs is 2. The Labute approximate surface area is 177 Å². The standard InChI is InChI=1S/C22H12F4N4O2/c23-15-6-16-11(8-28-30-16)5-13(15)18-14(7-27)20(29-17-9-32-21(31)19(17)18)10-1-3-12(4-2-10)22(24,25)26/h1-6,8,18-19H,9H2,(H,28,30). The van der Waals surface area contributed by atoms with Gasteiger partial charge in [-0.25, -0.2) is 4.39 Å². The first kappa shape index (κ1) is 19.9. The molecule has 160 valence electrons. The third-order valence-corrected chi connectivity index (χ3v) is 5.63. The molecule has 1 saturated heterocycles. The highest BCUT2D eigenvalue weighted by Crippen LogP contribution is 2.45. The zero-order valence-corrected chi connectivity index (χ0v) is 16.1. The maximum Gasteiger partial charge on any atom is 0.416 e. The molecule has 1 aromatic heterocycles. The number of aromatic amines is 1. The van der Waals surface area contributed by atoms with E-state index < -0.39 is 35.4 Å². The van der Waals surface area contributed by atoms with Gasteiger partial charge in [0.2, 0.25) is 0 Å². The topological polar surface area (TPSA) is 91.1 Å². The van der Waals surface area contributed by atoms with E-state index in [0.717, 1.165) is 12.1 Å². The highest BCUT2D eigenvalue weighted by atomic mass is 19.4. The maximum absolute atomic E-state index is 15.1. The molecule has 3 heterocycles. The smallest absolute Gasteiger partial charge is 0.416 e. The van der Waals surface area contributed by atoms with Gasteiger partial charge in [-0.2, -0.15) is 23.5 Å². The average molecular weight is 440 g/mol. The minimum atomic E-state index is -4.52. The van der Waals surface area contributed by atoms with Crippen molar-refractivity contribution in [3.8, 4) is 6.07 Å². The van der Waals surface area contributed by atoms with Crippen LogP contribution in [0.4, 0.5) is 17.6 Å². The van der Waals surface area contributed by atoms with Crippen LogP contribution in [0.15, 0.2) is 53.2 Å². The second-order valence-electron chi connectivity index (χ2n) is 7.45. The van der Waals surface area contributed by atoms with Crippen molar-refractivity contribution >= 4 is 28.3 Å². The molecule has 0 saturated carbocycles. The number of carbonyl (C=O) groups is 1. The second kappa shape index (κ2) is 7.02. The van der Waals surface area contributed by atoms with E-state index in [9.17, 15) is 23.2 Å². The van der Waals surface area contributed by atoms with Crippen molar-refractivity contribution in [3.63, 3.8) is 0 Å². The monoisotopic (exact) mass is 440 g/mol. The summed E-state index contributed by atoms with van der Waals surface area (Å²) < 4.78 is 59.1. The first-order valence-corrected chi connectivity index (χ1v) is 9.46. The minimum absolute atomic E-state index is 0.0286. The highest BCUT2D eigenvalue weighted by Gasteiger charge is 2.47. The van der Waals surface area contributed by atoms with E-state index in [2.05, 4.69) is 15.2 Å². The summed E-state index contributed by atoms with van der Waals surface area (Å²) in [7, 11) is 0. The first-order chi connectivity index (χ1) is 15.3. The number of hydrogen-bond acceptors (Lipinski definition) is 5. The number of esters is 1. The summed E-state index contributed by atoms with van der Waals surface area (Å²) in [5.41, 5.74) is 0.261. The van der Waals surface area contributed by atoms with E-state index in [1.54, 1.807) is 0 Å². The van der Waals surface area contributed by atoms with Crippen molar-refractivity contribution in [2.75, 3.05) is 6.61 Å². The molecule has 2 aromatic carbocycles. The molecule has 1 fully saturated rings. The Morgan fingerprint density at radius 1 is 1.16 bits per heavy atom. The SMILES string of the molecule is N#CC1=C(c2ccc(C(F)(F)F)cc2)N=C2COC(=O)C2C1c1cc2cn[nH]c2cc1F. The molecular formula is C22H12F4N4O2. The van der Waals surface area contributed by atoms with Gasteiger partial charge in [0.05, 0.1) is 40.3 Å². The molecule has 0 radical (unpaired) electrons. The summed E-state index contributed by atoms with van der Waals surface area (Å²) in [5.74, 6) is -3.34. The summed E-state index contributed by atoms with van der Waals surface area (Å²) in [5, 5.41) is 17.0. The van der Waals surface area contributed by atoms with Crippen LogP contribution < -0.4 is 0 Å². The molecule has 0 spiro atoms. The number of benzene rings is 2. The largest absolute Gasteiger partial charge is 0.459 e. The lowest BCUT2D eigenvalue weighted by molar-refractivity contribution is -0.141. The van der Waals surface area contributed by atoms with E-state index in [0.29, 0.717) is 16.6 Å². The number of nitriles is 1. The number of nitrogens with zero attached hydrogens (tertiary/aromatic N) is 3. The van der Waals surface area contributed by atoms with Gasteiger partial charge < -0.3 is 4.74 Å². The first-order valence-electron chi connectivity index (χ1n) is 9.46. The number of allylic oxidation sites excluding steroid dienone is 1. The lowest BCUT2D eigenvalue weighted by Crippen LogP contribution is -2.29. The van der Waals surface area contributed by atoms with Crippen molar-refractivity contribution in [1.82, 2.24) is 10.2 Å². The molecule has 6 nitrogen and oxygen atoms in total. The van der Waals surface area contributed by atoms with Crippen molar-refractivity contribution in [1.29, 1.82) is 5.26 Å². The van der Waals surface area contributed by atoms with Crippen LogP contribution in [0.25, 0.3) is 16.6 Å². The Bertz CT molecular complexity index is 1360.